The van der Waals surface area contributed by atoms with Crippen LogP contribution in [0.5, 0.6) is 11.5 Å². The van der Waals surface area contributed by atoms with Crippen LogP contribution < -0.4 is 9.47 Å². The SMILES string of the molecule is COc1ccc(C2=NO[C@@H](CN(Cc3ccc(F)cc3)C(=O)C3CC3)C2)cc1OC. The number of hydrogen-bond acceptors (Lipinski definition) is 5. The van der Waals surface area contributed by atoms with Gasteiger partial charge in [0.25, 0.3) is 0 Å². The molecule has 158 valence electrons. The molecule has 7 heteroatoms. The zero-order valence-corrected chi connectivity index (χ0v) is 17.1. The quantitative estimate of drug-likeness (QED) is 0.662. The first-order valence-electron chi connectivity index (χ1n) is 10.1. The van der Waals surface area contributed by atoms with E-state index >= 15 is 0 Å². The fraction of sp³-hybridized carbons (Fsp3) is 0.391. The molecule has 0 saturated heterocycles. The number of ether oxygens (including phenoxy) is 2. The van der Waals surface area contributed by atoms with Crippen LogP contribution in [0.2, 0.25) is 0 Å². The molecule has 2 aromatic rings. The number of hydrogen-bond donors (Lipinski definition) is 0. The van der Waals surface area contributed by atoms with E-state index in [0.29, 0.717) is 31.0 Å². The molecule has 1 amide bonds. The molecule has 1 aliphatic carbocycles. The predicted molar refractivity (Wildman–Crippen MR) is 110 cm³/mol. The third kappa shape index (κ3) is 4.56. The molecule has 4 rings (SSSR count). The zero-order valence-electron chi connectivity index (χ0n) is 17.1. The lowest BCUT2D eigenvalue weighted by Crippen LogP contribution is -2.38. The Morgan fingerprint density at radius 1 is 1.13 bits per heavy atom. The number of oxime groups is 1. The fourth-order valence-corrected chi connectivity index (χ4v) is 3.59. The molecule has 1 saturated carbocycles. The molecule has 2 aromatic carbocycles. The fourth-order valence-electron chi connectivity index (χ4n) is 3.59. The molecular weight excluding hydrogens is 387 g/mol. The molecule has 0 bridgehead atoms. The second kappa shape index (κ2) is 8.73. The van der Waals surface area contributed by atoms with Crippen LogP contribution in [0.25, 0.3) is 0 Å². The first kappa shape index (κ1) is 20.2. The van der Waals surface area contributed by atoms with Gasteiger partial charge in [0, 0.05) is 24.4 Å². The van der Waals surface area contributed by atoms with Gasteiger partial charge in [0.15, 0.2) is 17.6 Å². The minimum absolute atomic E-state index is 0.0955. The van der Waals surface area contributed by atoms with E-state index in [1.165, 1.54) is 12.1 Å². The molecule has 1 heterocycles. The number of carbonyl (C=O) groups excluding carboxylic acids is 1. The predicted octanol–water partition coefficient (Wildman–Crippen LogP) is 3.77. The molecule has 0 unspecified atom stereocenters. The summed E-state index contributed by atoms with van der Waals surface area (Å²) in [6.07, 6.45) is 2.22. The normalized spacial score (nSPS) is 17.8. The molecule has 6 nitrogen and oxygen atoms in total. The summed E-state index contributed by atoms with van der Waals surface area (Å²) in [4.78, 5) is 20.3. The van der Waals surface area contributed by atoms with Crippen molar-refractivity contribution in [1.82, 2.24) is 4.90 Å². The van der Waals surface area contributed by atoms with Crippen LogP contribution in [-0.2, 0) is 16.2 Å². The highest BCUT2D eigenvalue weighted by atomic mass is 19.1. The Kier molecular flexibility index (Phi) is 5.88. The first-order chi connectivity index (χ1) is 14.6. The van der Waals surface area contributed by atoms with Gasteiger partial charge in [-0.05, 0) is 48.7 Å². The molecule has 1 aliphatic heterocycles. The van der Waals surface area contributed by atoms with Gasteiger partial charge in [0.2, 0.25) is 5.91 Å². The molecule has 0 spiro atoms. The van der Waals surface area contributed by atoms with Crippen molar-refractivity contribution in [2.24, 2.45) is 11.1 Å². The summed E-state index contributed by atoms with van der Waals surface area (Å²) in [6, 6.07) is 11.9. The highest BCUT2D eigenvalue weighted by Crippen LogP contribution is 2.33. The summed E-state index contributed by atoms with van der Waals surface area (Å²) in [5, 5.41) is 4.24. The minimum Gasteiger partial charge on any atom is -0.493 e. The van der Waals surface area contributed by atoms with Crippen molar-refractivity contribution < 1.29 is 23.5 Å². The lowest BCUT2D eigenvalue weighted by molar-refractivity contribution is -0.135. The maximum Gasteiger partial charge on any atom is 0.226 e. The van der Waals surface area contributed by atoms with Crippen LogP contribution >= 0.6 is 0 Å². The maximum absolute atomic E-state index is 13.2. The van der Waals surface area contributed by atoms with E-state index in [9.17, 15) is 9.18 Å². The van der Waals surface area contributed by atoms with Gasteiger partial charge in [-0.2, -0.15) is 0 Å². The van der Waals surface area contributed by atoms with Crippen LogP contribution in [-0.4, -0.2) is 43.4 Å². The van der Waals surface area contributed by atoms with Crippen LogP contribution in [0.15, 0.2) is 47.6 Å². The Balaban J connectivity index is 1.43. The van der Waals surface area contributed by atoms with E-state index in [2.05, 4.69) is 5.16 Å². The van der Waals surface area contributed by atoms with Gasteiger partial charge in [-0.3, -0.25) is 4.79 Å². The molecule has 0 radical (unpaired) electrons. The van der Waals surface area contributed by atoms with E-state index in [1.54, 1.807) is 26.4 Å². The third-order valence-electron chi connectivity index (χ3n) is 5.40. The van der Waals surface area contributed by atoms with Crippen molar-refractivity contribution in [3.05, 3.63) is 59.4 Å². The Labute approximate surface area is 175 Å². The van der Waals surface area contributed by atoms with Crippen molar-refractivity contribution in [2.75, 3.05) is 20.8 Å². The number of halogens is 1. The smallest absolute Gasteiger partial charge is 0.226 e. The van der Waals surface area contributed by atoms with Gasteiger partial charge in [0.1, 0.15) is 5.82 Å². The Bertz CT molecular complexity index is 941. The summed E-state index contributed by atoms with van der Waals surface area (Å²) >= 11 is 0. The van der Waals surface area contributed by atoms with Gasteiger partial charge < -0.3 is 19.2 Å². The molecule has 1 atom stereocenters. The van der Waals surface area contributed by atoms with Crippen LogP contribution in [0, 0.1) is 11.7 Å². The highest BCUT2D eigenvalue weighted by Gasteiger charge is 2.35. The van der Waals surface area contributed by atoms with Crippen molar-refractivity contribution in [3.8, 4) is 11.5 Å². The maximum atomic E-state index is 13.2. The average Bonchev–Trinajstić information content (AvgIpc) is 3.52. The number of carbonyl (C=O) groups is 1. The zero-order chi connectivity index (χ0) is 21.1. The average molecular weight is 412 g/mol. The number of amides is 1. The van der Waals surface area contributed by atoms with Crippen molar-refractivity contribution in [3.63, 3.8) is 0 Å². The van der Waals surface area contributed by atoms with E-state index < -0.39 is 0 Å². The van der Waals surface area contributed by atoms with Crippen LogP contribution in [0.1, 0.15) is 30.4 Å². The standard InChI is InChI=1S/C23H25FN2O4/c1-28-21-10-7-17(11-22(21)29-2)20-12-19(30-25-20)14-26(23(27)16-5-6-16)13-15-3-8-18(24)9-4-15/h3-4,7-11,16,19H,5-6,12-14H2,1-2H3/t19-/m1/s1. The lowest BCUT2D eigenvalue weighted by Gasteiger charge is -2.25. The monoisotopic (exact) mass is 412 g/mol. The van der Waals surface area contributed by atoms with Crippen molar-refractivity contribution in [2.45, 2.75) is 31.9 Å². The summed E-state index contributed by atoms with van der Waals surface area (Å²) in [5.74, 6) is 1.22. The van der Waals surface area contributed by atoms with Gasteiger partial charge in [-0.15, -0.1) is 0 Å². The van der Waals surface area contributed by atoms with Gasteiger partial charge in [0.05, 0.1) is 26.5 Å². The Morgan fingerprint density at radius 2 is 1.87 bits per heavy atom. The van der Waals surface area contributed by atoms with Gasteiger partial charge >= 0.3 is 0 Å². The number of benzene rings is 2. The largest absolute Gasteiger partial charge is 0.493 e. The van der Waals surface area contributed by atoms with Crippen molar-refractivity contribution >= 4 is 11.6 Å². The molecule has 0 aromatic heterocycles. The van der Waals surface area contributed by atoms with Crippen LogP contribution in [0.3, 0.4) is 0 Å². The molecule has 2 aliphatic rings. The lowest BCUT2D eigenvalue weighted by atomic mass is 10.0. The third-order valence-corrected chi connectivity index (χ3v) is 5.40. The summed E-state index contributed by atoms with van der Waals surface area (Å²) in [6.45, 7) is 0.869. The van der Waals surface area contributed by atoms with E-state index in [0.717, 1.165) is 29.7 Å². The first-order valence-corrected chi connectivity index (χ1v) is 10.1. The Morgan fingerprint density at radius 3 is 2.53 bits per heavy atom. The summed E-state index contributed by atoms with van der Waals surface area (Å²) < 4.78 is 23.9. The van der Waals surface area contributed by atoms with E-state index in [1.807, 2.05) is 23.1 Å². The van der Waals surface area contributed by atoms with Crippen molar-refractivity contribution in [1.29, 1.82) is 0 Å². The van der Waals surface area contributed by atoms with E-state index in [-0.39, 0.29) is 23.7 Å². The minimum atomic E-state index is -0.286. The summed E-state index contributed by atoms with van der Waals surface area (Å²) in [5.41, 5.74) is 2.60. The van der Waals surface area contributed by atoms with Gasteiger partial charge in [-0.1, -0.05) is 17.3 Å². The van der Waals surface area contributed by atoms with Crippen LogP contribution in [0.4, 0.5) is 4.39 Å². The molecule has 1 fully saturated rings. The Hall–Kier alpha value is -3.09. The van der Waals surface area contributed by atoms with E-state index in [4.69, 9.17) is 14.3 Å². The molecule has 30 heavy (non-hydrogen) atoms. The van der Waals surface area contributed by atoms with Gasteiger partial charge in [-0.25, -0.2) is 4.39 Å². The second-order valence-corrected chi connectivity index (χ2v) is 7.66. The molecular formula is C23H25FN2O4. The topological polar surface area (TPSA) is 60.4 Å². The number of methoxy groups -OCH3 is 2. The summed E-state index contributed by atoms with van der Waals surface area (Å²) in [7, 11) is 3.19. The highest BCUT2D eigenvalue weighted by molar-refractivity contribution is 6.01. The second-order valence-electron chi connectivity index (χ2n) is 7.66. The molecule has 0 N–H and O–H groups in total. The number of rotatable bonds is 8. The number of nitrogens with zero attached hydrogens (tertiary/aromatic N) is 2.